The number of thioether (sulfide) groups is 1. The molecule has 0 aromatic carbocycles. The fraction of sp³-hybridized carbons (Fsp3) is 0.875. The zero-order valence-corrected chi connectivity index (χ0v) is 16.0. The van der Waals surface area contributed by atoms with Gasteiger partial charge in [-0.3, -0.25) is 4.90 Å². The smallest absolute Gasteiger partial charge is 0.412 e. The Morgan fingerprint density at radius 3 is 2.39 bits per heavy atom. The predicted molar refractivity (Wildman–Crippen MR) is 90.4 cm³/mol. The Morgan fingerprint density at radius 2 is 1.91 bits per heavy atom. The molecular formula is C16H29NO5S. The van der Waals surface area contributed by atoms with Gasteiger partial charge >= 0.3 is 12.1 Å². The van der Waals surface area contributed by atoms with Crippen molar-refractivity contribution in [2.45, 2.75) is 71.4 Å². The second-order valence-electron chi connectivity index (χ2n) is 6.91. The van der Waals surface area contributed by atoms with Gasteiger partial charge in [0.2, 0.25) is 0 Å². The highest BCUT2D eigenvalue weighted by Crippen LogP contribution is 2.36. The van der Waals surface area contributed by atoms with Crippen LogP contribution in [0.25, 0.3) is 0 Å². The molecule has 1 unspecified atom stereocenters. The molecule has 1 aliphatic heterocycles. The van der Waals surface area contributed by atoms with Gasteiger partial charge in [0.15, 0.2) is 6.10 Å². The first-order valence-corrected chi connectivity index (χ1v) is 9.04. The number of esters is 1. The summed E-state index contributed by atoms with van der Waals surface area (Å²) in [6.07, 6.45) is -0.624. The van der Waals surface area contributed by atoms with Gasteiger partial charge in [0.05, 0.1) is 13.2 Å². The third kappa shape index (κ3) is 5.28. The first-order valence-electron chi connectivity index (χ1n) is 7.89. The number of methoxy groups -OCH3 is 1. The van der Waals surface area contributed by atoms with Crippen LogP contribution in [0.5, 0.6) is 0 Å². The van der Waals surface area contributed by atoms with Crippen LogP contribution < -0.4 is 0 Å². The van der Waals surface area contributed by atoms with E-state index >= 15 is 0 Å². The van der Waals surface area contributed by atoms with Gasteiger partial charge in [0.25, 0.3) is 0 Å². The van der Waals surface area contributed by atoms with E-state index in [4.69, 9.17) is 14.2 Å². The topological polar surface area (TPSA) is 65.1 Å². The lowest BCUT2D eigenvalue weighted by atomic mass is 10.1. The normalized spacial score (nSPS) is 23.7. The van der Waals surface area contributed by atoms with Crippen LogP contribution in [-0.4, -0.2) is 59.0 Å². The summed E-state index contributed by atoms with van der Waals surface area (Å²) in [4.78, 5) is 26.2. The van der Waals surface area contributed by atoms with Crippen LogP contribution in [0.4, 0.5) is 4.79 Å². The standard InChI is InChI=1S/C16H29NO5S/c1-8-23-10-9-11-12(13(18)20-7)21-16(5,6)17(11)14(19)22-15(2,3)4/h11-12H,8-10H2,1-7H3/t11-,12?/m1/s1. The van der Waals surface area contributed by atoms with Crippen molar-refractivity contribution in [2.24, 2.45) is 0 Å². The van der Waals surface area contributed by atoms with E-state index in [-0.39, 0.29) is 0 Å². The zero-order chi connectivity index (χ0) is 17.8. The number of hydrogen-bond acceptors (Lipinski definition) is 6. The Balaban J connectivity index is 3.04. The largest absolute Gasteiger partial charge is 0.467 e. The van der Waals surface area contributed by atoms with Crippen molar-refractivity contribution in [3.8, 4) is 0 Å². The summed E-state index contributed by atoms with van der Waals surface area (Å²) >= 11 is 1.76. The lowest BCUT2D eigenvalue weighted by Gasteiger charge is -2.35. The van der Waals surface area contributed by atoms with Gasteiger partial charge < -0.3 is 14.2 Å². The van der Waals surface area contributed by atoms with E-state index < -0.39 is 35.5 Å². The highest BCUT2D eigenvalue weighted by molar-refractivity contribution is 7.99. The van der Waals surface area contributed by atoms with E-state index in [1.54, 1.807) is 25.6 Å². The summed E-state index contributed by atoms with van der Waals surface area (Å²) in [5, 5.41) is 0. The van der Waals surface area contributed by atoms with Crippen LogP contribution in [0.1, 0.15) is 48.0 Å². The summed E-state index contributed by atoms with van der Waals surface area (Å²) in [6, 6.07) is -0.397. The summed E-state index contributed by atoms with van der Waals surface area (Å²) in [7, 11) is 1.33. The van der Waals surface area contributed by atoms with Crippen LogP contribution in [0.3, 0.4) is 0 Å². The summed E-state index contributed by atoms with van der Waals surface area (Å²) in [6.45, 7) is 11.0. The van der Waals surface area contributed by atoms with Crippen molar-refractivity contribution in [2.75, 3.05) is 18.6 Å². The highest BCUT2D eigenvalue weighted by atomic mass is 32.2. The summed E-state index contributed by atoms with van der Waals surface area (Å²) < 4.78 is 16.2. The molecule has 0 N–H and O–H groups in total. The average molecular weight is 347 g/mol. The van der Waals surface area contributed by atoms with Gasteiger partial charge in [-0.2, -0.15) is 11.8 Å². The minimum Gasteiger partial charge on any atom is -0.467 e. The van der Waals surface area contributed by atoms with Gasteiger partial charge in [-0.1, -0.05) is 6.92 Å². The number of carbonyl (C=O) groups is 2. The van der Waals surface area contributed by atoms with E-state index in [9.17, 15) is 9.59 Å². The Bertz CT molecular complexity index is 433. The number of carbonyl (C=O) groups excluding carboxylic acids is 2. The summed E-state index contributed by atoms with van der Waals surface area (Å²) in [5.41, 5.74) is -1.54. The van der Waals surface area contributed by atoms with Gasteiger partial charge in [0.1, 0.15) is 11.3 Å². The van der Waals surface area contributed by atoms with Crippen molar-refractivity contribution < 1.29 is 23.8 Å². The second kappa shape index (κ2) is 7.75. The van der Waals surface area contributed by atoms with Gasteiger partial charge in [-0.15, -0.1) is 0 Å². The van der Waals surface area contributed by atoms with Crippen molar-refractivity contribution in [1.29, 1.82) is 0 Å². The highest BCUT2D eigenvalue weighted by Gasteiger charge is 2.53. The molecule has 0 radical (unpaired) electrons. The van der Waals surface area contributed by atoms with Crippen LogP contribution in [-0.2, 0) is 19.0 Å². The maximum absolute atomic E-state index is 12.6. The fourth-order valence-corrected chi connectivity index (χ4v) is 3.29. The molecule has 1 saturated heterocycles. The van der Waals surface area contributed by atoms with E-state index in [0.717, 1.165) is 11.5 Å². The first-order chi connectivity index (χ1) is 10.5. The molecule has 7 heteroatoms. The molecule has 0 aliphatic carbocycles. The molecule has 0 bridgehead atoms. The number of rotatable bonds is 5. The third-order valence-corrected chi connectivity index (χ3v) is 4.40. The predicted octanol–water partition coefficient (Wildman–Crippen LogP) is 3.04. The lowest BCUT2D eigenvalue weighted by Crippen LogP contribution is -2.51. The van der Waals surface area contributed by atoms with E-state index in [1.807, 2.05) is 20.8 Å². The molecule has 0 aromatic rings. The molecule has 1 amide bonds. The van der Waals surface area contributed by atoms with Crippen LogP contribution in [0.2, 0.25) is 0 Å². The Labute approximate surface area is 143 Å². The molecule has 1 heterocycles. The van der Waals surface area contributed by atoms with Crippen molar-refractivity contribution >= 4 is 23.8 Å². The van der Waals surface area contributed by atoms with E-state index in [1.165, 1.54) is 12.0 Å². The Hall–Kier alpha value is -0.950. The number of amides is 1. The number of ether oxygens (including phenoxy) is 3. The zero-order valence-electron chi connectivity index (χ0n) is 15.2. The van der Waals surface area contributed by atoms with Crippen LogP contribution in [0.15, 0.2) is 0 Å². The molecule has 0 aromatic heterocycles. The SMILES string of the molecule is CCSCC[C@@H]1C(C(=O)OC)OC(C)(C)N1C(=O)OC(C)(C)C. The molecule has 134 valence electrons. The molecular weight excluding hydrogens is 318 g/mol. The van der Waals surface area contributed by atoms with Crippen molar-refractivity contribution in [3.63, 3.8) is 0 Å². The Kier molecular flexibility index (Phi) is 6.77. The second-order valence-corrected chi connectivity index (χ2v) is 8.31. The van der Waals surface area contributed by atoms with Crippen LogP contribution >= 0.6 is 11.8 Å². The third-order valence-electron chi connectivity index (χ3n) is 3.46. The molecule has 0 saturated carbocycles. The molecule has 0 spiro atoms. The minimum atomic E-state index is -0.928. The molecule has 2 atom stereocenters. The van der Waals surface area contributed by atoms with E-state index in [0.29, 0.717) is 6.42 Å². The molecule has 1 aliphatic rings. The van der Waals surface area contributed by atoms with E-state index in [2.05, 4.69) is 6.92 Å². The quantitative estimate of drug-likeness (QED) is 0.562. The average Bonchev–Trinajstić information content (AvgIpc) is 2.67. The maximum atomic E-state index is 12.6. The van der Waals surface area contributed by atoms with Gasteiger partial charge in [-0.05, 0) is 52.5 Å². The van der Waals surface area contributed by atoms with Crippen LogP contribution in [0, 0.1) is 0 Å². The van der Waals surface area contributed by atoms with Crippen molar-refractivity contribution in [1.82, 2.24) is 4.90 Å². The monoisotopic (exact) mass is 347 g/mol. The molecule has 6 nitrogen and oxygen atoms in total. The first kappa shape index (κ1) is 20.1. The van der Waals surface area contributed by atoms with Crippen molar-refractivity contribution in [3.05, 3.63) is 0 Å². The summed E-state index contributed by atoms with van der Waals surface area (Å²) in [5.74, 6) is 1.34. The molecule has 1 rings (SSSR count). The van der Waals surface area contributed by atoms with Gasteiger partial charge in [-0.25, -0.2) is 9.59 Å². The Morgan fingerprint density at radius 1 is 1.30 bits per heavy atom. The maximum Gasteiger partial charge on any atom is 0.412 e. The number of hydrogen-bond donors (Lipinski definition) is 0. The lowest BCUT2D eigenvalue weighted by molar-refractivity contribution is -0.158. The number of nitrogens with zero attached hydrogens (tertiary/aromatic N) is 1. The molecule has 1 fully saturated rings. The minimum absolute atomic E-state index is 0.397. The van der Waals surface area contributed by atoms with Gasteiger partial charge in [0, 0.05) is 0 Å². The molecule has 23 heavy (non-hydrogen) atoms. The fourth-order valence-electron chi connectivity index (χ4n) is 2.60.